The maximum Gasteiger partial charge on any atom is 0.0194 e. The summed E-state index contributed by atoms with van der Waals surface area (Å²) in [4.78, 5) is 0. The molecule has 0 aliphatic carbocycles. The Morgan fingerprint density at radius 1 is 1.50 bits per heavy atom. The molecule has 4 nitrogen and oxygen atoms in total. The van der Waals surface area contributed by atoms with Crippen molar-refractivity contribution in [1.29, 1.82) is 0 Å². The SMILES string of the molecule is CC(CCNN)NN. The normalized spacial score (nSPS) is 13.9. The molecule has 0 bridgehead atoms. The molecule has 0 aliphatic heterocycles. The van der Waals surface area contributed by atoms with Crippen LogP contribution in [0, 0.1) is 0 Å². The van der Waals surface area contributed by atoms with Gasteiger partial charge in [-0.05, 0) is 13.3 Å². The molecule has 0 heterocycles. The number of nitrogens with one attached hydrogen (secondary N) is 2. The molecule has 0 aromatic carbocycles. The van der Waals surface area contributed by atoms with E-state index in [0.29, 0.717) is 6.04 Å². The monoisotopic (exact) mass is 118 g/mol. The van der Waals surface area contributed by atoms with Crippen LogP contribution in [-0.4, -0.2) is 12.6 Å². The summed E-state index contributed by atoms with van der Waals surface area (Å²) < 4.78 is 0. The fourth-order valence-electron chi connectivity index (χ4n) is 0.383. The average molecular weight is 118 g/mol. The van der Waals surface area contributed by atoms with Crippen molar-refractivity contribution in [2.45, 2.75) is 19.4 Å². The number of hydrogen-bond donors (Lipinski definition) is 4. The molecular weight excluding hydrogens is 104 g/mol. The third kappa shape index (κ3) is 4.01. The highest BCUT2D eigenvalue weighted by atomic mass is 15.2. The quantitative estimate of drug-likeness (QED) is 0.273. The minimum absolute atomic E-state index is 0.339. The van der Waals surface area contributed by atoms with E-state index in [1.165, 1.54) is 0 Å². The summed E-state index contributed by atoms with van der Waals surface area (Å²) in [6.07, 6.45) is 0.951. The minimum Gasteiger partial charge on any atom is -0.271 e. The van der Waals surface area contributed by atoms with Crippen molar-refractivity contribution >= 4 is 0 Å². The van der Waals surface area contributed by atoms with Crippen molar-refractivity contribution in [3.8, 4) is 0 Å². The van der Waals surface area contributed by atoms with Gasteiger partial charge in [0.15, 0.2) is 0 Å². The van der Waals surface area contributed by atoms with Gasteiger partial charge in [0, 0.05) is 12.6 Å². The molecule has 50 valence electrons. The van der Waals surface area contributed by atoms with Crippen LogP contribution in [-0.2, 0) is 0 Å². The molecule has 0 aromatic rings. The van der Waals surface area contributed by atoms with Gasteiger partial charge in [-0.2, -0.15) is 0 Å². The van der Waals surface area contributed by atoms with Crippen molar-refractivity contribution < 1.29 is 0 Å². The Labute approximate surface area is 49.6 Å². The van der Waals surface area contributed by atoms with E-state index in [4.69, 9.17) is 11.7 Å². The van der Waals surface area contributed by atoms with E-state index in [9.17, 15) is 0 Å². The van der Waals surface area contributed by atoms with Gasteiger partial charge < -0.3 is 0 Å². The van der Waals surface area contributed by atoms with Gasteiger partial charge in [-0.3, -0.25) is 22.5 Å². The maximum atomic E-state index is 5.09. The Bertz CT molecular complexity index is 47.3. The van der Waals surface area contributed by atoms with Crippen LogP contribution >= 0.6 is 0 Å². The zero-order chi connectivity index (χ0) is 6.41. The summed E-state index contributed by atoms with van der Waals surface area (Å²) in [6.45, 7) is 2.79. The lowest BCUT2D eigenvalue weighted by molar-refractivity contribution is 0.510. The number of hydrogen-bond acceptors (Lipinski definition) is 4. The van der Waals surface area contributed by atoms with Gasteiger partial charge in [0.2, 0.25) is 0 Å². The van der Waals surface area contributed by atoms with Crippen molar-refractivity contribution in [2.24, 2.45) is 11.7 Å². The first-order valence-electron chi connectivity index (χ1n) is 2.71. The summed E-state index contributed by atoms with van der Waals surface area (Å²) in [5.41, 5.74) is 5.14. The van der Waals surface area contributed by atoms with Gasteiger partial charge in [0.05, 0.1) is 0 Å². The van der Waals surface area contributed by atoms with E-state index in [0.717, 1.165) is 13.0 Å². The molecule has 6 N–H and O–H groups in total. The summed E-state index contributed by atoms with van der Waals surface area (Å²) in [5.74, 6) is 10.1. The van der Waals surface area contributed by atoms with E-state index in [1.54, 1.807) is 0 Å². The van der Waals surface area contributed by atoms with Crippen LogP contribution < -0.4 is 22.5 Å². The first kappa shape index (κ1) is 7.84. The Hall–Kier alpha value is -0.160. The molecule has 0 aromatic heterocycles. The highest BCUT2D eigenvalue weighted by Crippen LogP contribution is 1.82. The van der Waals surface area contributed by atoms with Crippen LogP contribution in [0.2, 0.25) is 0 Å². The molecule has 0 saturated heterocycles. The molecule has 0 radical (unpaired) electrons. The summed E-state index contributed by atoms with van der Waals surface area (Å²) in [6, 6.07) is 0.339. The van der Waals surface area contributed by atoms with Gasteiger partial charge in [-0.15, -0.1) is 0 Å². The maximum absolute atomic E-state index is 5.09. The second-order valence-corrected chi connectivity index (χ2v) is 1.81. The zero-order valence-electron chi connectivity index (χ0n) is 5.15. The highest BCUT2D eigenvalue weighted by Gasteiger charge is 1.93. The van der Waals surface area contributed by atoms with Crippen molar-refractivity contribution in [2.75, 3.05) is 6.54 Å². The second-order valence-electron chi connectivity index (χ2n) is 1.81. The van der Waals surface area contributed by atoms with Gasteiger partial charge in [-0.1, -0.05) is 0 Å². The standard InChI is InChI=1S/C4H14N4/c1-4(8-6)2-3-7-5/h4,7-8H,2-3,5-6H2,1H3. The molecule has 0 fully saturated rings. The summed E-state index contributed by atoms with van der Waals surface area (Å²) in [5, 5.41) is 0. The van der Waals surface area contributed by atoms with Crippen LogP contribution in [0.1, 0.15) is 13.3 Å². The molecule has 1 atom stereocenters. The third-order valence-electron chi connectivity index (χ3n) is 1.01. The highest BCUT2D eigenvalue weighted by molar-refractivity contribution is 4.54. The van der Waals surface area contributed by atoms with Crippen molar-refractivity contribution in [3.05, 3.63) is 0 Å². The van der Waals surface area contributed by atoms with Crippen LogP contribution in [0.5, 0.6) is 0 Å². The lowest BCUT2D eigenvalue weighted by Gasteiger charge is -2.07. The van der Waals surface area contributed by atoms with Gasteiger partial charge in [0.1, 0.15) is 0 Å². The Morgan fingerprint density at radius 2 is 2.12 bits per heavy atom. The Balaban J connectivity index is 2.86. The molecule has 0 spiro atoms. The molecule has 1 unspecified atom stereocenters. The molecule has 8 heavy (non-hydrogen) atoms. The first-order chi connectivity index (χ1) is 3.81. The Morgan fingerprint density at radius 3 is 2.50 bits per heavy atom. The molecule has 0 saturated carbocycles. The Kier molecular flexibility index (Phi) is 4.89. The molecule has 4 heteroatoms. The summed E-state index contributed by atoms with van der Waals surface area (Å²) in [7, 11) is 0. The third-order valence-corrected chi connectivity index (χ3v) is 1.01. The smallest absolute Gasteiger partial charge is 0.0194 e. The van der Waals surface area contributed by atoms with Crippen molar-refractivity contribution in [3.63, 3.8) is 0 Å². The predicted octanol–water partition coefficient (Wildman–Crippen LogP) is -1.31. The molecular formula is C4H14N4. The number of hydrazine groups is 2. The minimum atomic E-state index is 0.339. The van der Waals surface area contributed by atoms with Gasteiger partial charge in [0.25, 0.3) is 0 Å². The van der Waals surface area contributed by atoms with E-state index in [-0.39, 0.29) is 0 Å². The topological polar surface area (TPSA) is 76.1 Å². The summed E-state index contributed by atoms with van der Waals surface area (Å²) >= 11 is 0. The fourth-order valence-corrected chi connectivity index (χ4v) is 0.383. The van der Waals surface area contributed by atoms with E-state index in [1.807, 2.05) is 6.92 Å². The number of nitrogens with two attached hydrogens (primary N) is 2. The van der Waals surface area contributed by atoms with Crippen LogP contribution in [0.25, 0.3) is 0 Å². The fraction of sp³-hybridized carbons (Fsp3) is 1.00. The van der Waals surface area contributed by atoms with E-state index >= 15 is 0 Å². The average Bonchev–Trinajstić information content (AvgIpc) is 1.83. The van der Waals surface area contributed by atoms with Gasteiger partial charge >= 0.3 is 0 Å². The first-order valence-corrected chi connectivity index (χ1v) is 2.71. The largest absolute Gasteiger partial charge is 0.271 e. The number of rotatable bonds is 4. The van der Waals surface area contributed by atoms with Crippen LogP contribution in [0.4, 0.5) is 0 Å². The van der Waals surface area contributed by atoms with Crippen LogP contribution in [0.15, 0.2) is 0 Å². The second kappa shape index (κ2) is 4.99. The molecule has 0 rings (SSSR count). The predicted molar refractivity (Wildman–Crippen MR) is 33.6 cm³/mol. The molecule has 0 aliphatic rings. The lowest BCUT2D eigenvalue weighted by atomic mass is 10.2. The van der Waals surface area contributed by atoms with Gasteiger partial charge in [-0.25, -0.2) is 0 Å². The van der Waals surface area contributed by atoms with E-state index in [2.05, 4.69) is 10.9 Å². The van der Waals surface area contributed by atoms with Crippen LogP contribution in [0.3, 0.4) is 0 Å². The molecule has 0 amide bonds. The van der Waals surface area contributed by atoms with Crippen molar-refractivity contribution in [1.82, 2.24) is 10.9 Å². The van der Waals surface area contributed by atoms with E-state index < -0.39 is 0 Å². The lowest BCUT2D eigenvalue weighted by Crippen LogP contribution is -2.36. The zero-order valence-corrected chi connectivity index (χ0v) is 5.15.